The second-order valence-corrected chi connectivity index (χ2v) is 4.35. The van der Waals surface area contributed by atoms with Crippen molar-refractivity contribution in [3.05, 3.63) is 35.4 Å². The van der Waals surface area contributed by atoms with Gasteiger partial charge in [-0.2, -0.15) is 0 Å². The average molecular weight is 235 g/mol. The molecule has 1 aromatic carbocycles. The molecular weight excluding hydrogens is 218 g/mol. The molecule has 0 amide bonds. The fourth-order valence-corrected chi connectivity index (χ4v) is 1.99. The lowest BCUT2D eigenvalue weighted by Gasteiger charge is -2.32. The summed E-state index contributed by atoms with van der Waals surface area (Å²) in [7, 11) is 0. The summed E-state index contributed by atoms with van der Waals surface area (Å²) in [4.78, 5) is 0. The largest absolute Gasteiger partial charge is 0.409 e. The third-order valence-electron chi connectivity index (χ3n) is 3.10. The molecule has 0 heterocycles. The van der Waals surface area contributed by atoms with E-state index in [1.165, 1.54) is 0 Å². The van der Waals surface area contributed by atoms with Crippen LogP contribution in [-0.2, 0) is 6.54 Å². The minimum Gasteiger partial charge on any atom is -0.409 e. The van der Waals surface area contributed by atoms with Crippen LogP contribution in [0.5, 0.6) is 0 Å². The number of benzene rings is 1. The molecule has 2 rings (SSSR count). The van der Waals surface area contributed by atoms with E-state index >= 15 is 0 Å². The van der Waals surface area contributed by atoms with E-state index in [0.29, 0.717) is 12.6 Å². The van der Waals surface area contributed by atoms with Gasteiger partial charge in [0.1, 0.15) is 0 Å². The molecule has 0 atom stereocenters. The summed E-state index contributed by atoms with van der Waals surface area (Å²) in [6.45, 7) is 0.657. The van der Waals surface area contributed by atoms with Gasteiger partial charge in [-0.3, -0.25) is 0 Å². The second-order valence-electron chi connectivity index (χ2n) is 4.35. The molecule has 17 heavy (non-hydrogen) atoms. The fourth-order valence-electron chi connectivity index (χ4n) is 1.99. The molecule has 5 N–H and O–H groups in total. The molecule has 0 aliphatic heterocycles. The van der Waals surface area contributed by atoms with Gasteiger partial charge < -0.3 is 21.4 Å². The Labute approximate surface area is 99.9 Å². The van der Waals surface area contributed by atoms with E-state index in [1.54, 1.807) is 0 Å². The highest BCUT2D eigenvalue weighted by Gasteiger charge is 2.26. The smallest absolute Gasteiger partial charge is 0.170 e. The maximum Gasteiger partial charge on any atom is 0.170 e. The van der Waals surface area contributed by atoms with Crippen LogP contribution in [0.15, 0.2) is 29.4 Å². The van der Waals surface area contributed by atoms with E-state index < -0.39 is 0 Å². The van der Waals surface area contributed by atoms with E-state index in [9.17, 15) is 5.11 Å². The van der Waals surface area contributed by atoms with E-state index in [-0.39, 0.29) is 11.9 Å². The van der Waals surface area contributed by atoms with Gasteiger partial charge in [-0.1, -0.05) is 29.4 Å². The number of nitrogens with zero attached hydrogens (tertiary/aromatic N) is 1. The Bertz CT molecular complexity index is 414. The normalized spacial score (nSPS) is 24.4. The fraction of sp³-hybridized carbons (Fsp3) is 0.417. The Morgan fingerprint density at radius 3 is 2.76 bits per heavy atom. The zero-order valence-electron chi connectivity index (χ0n) is 9.50. The molecule has 1 aromatic rings. The van der Waals surface area contributed by atoms with Gasteiger partial charge >= 0.3 is 0 Å². The molecule has 1 aliphatic carbocycles. The topological polar surface area (TPSA) is 90.9 Å². The van der Waals surface area contributed by atoms with Crippen LogP contribution < -0.4 is 11.1 Å². The first-order valence-corrected chi connectivity index (χ1v) is 5.68. The van der Waals surface area contributed by atoms with Crippen LogP contribution >= 0.6 is 0 Å². The van der Waals surface area contributed by atoms with Crippen molar-refractivity contribution in [3.63, 3.8) is 0 Å². The molecular formula is C12H17N3O2. The summed E-state index contributed by atoms with van der Waals surface area (Å²) in [5.74, 6) is 0.121. The summed E-state index contributed by atoms with van der Waals surface area (Å²) < 4.78 is 0. The summed E-state index contributed by atoms with van der Waals surface area (Å²) in [6, 6.07) is 7.90. The zero-order chi connectivity index (χ0) is 12.3. The predicted octanol–water partition coefficient (Wildman–Crippen LogP) is 0.394. The van der Waals surface area contributed by atoms with Gasteiger partial charge in [0, 0.05) is 18.2 Å². The standard InChI is InChI=1S/C12H17N3O2/c13-12(15-17)11-4-2-1-3-8(11)7-14-9-5-10(16)6-9/h1-4,9-10,14,16-17H,5-7H2,(H2,13,15). The van der Waals surface area contributed by atoms with Gasteiger partial charge in [0.2, 0.25) is 0 Å². The molecule has 1 fully saturated rings. The van der Waals surface area contributed by atoms with E-state index in [2.05, 4.69) is 10.5 Å². The van der Waals surface area contributed by atoms with E-state index in [0.717, 1.165) is 24.0 Å². The molecule has 92 valence electrons. The van der Waals surface area contributed by atoms with Crippen LogP contribution in [0, 0.1) is 0 Å². The third-order valence-corrected chi connectivity index (χ3v) is 3.10. The first-order chi connectivity index (χ1) is 8.20. The SMILES string of the molecule is NC(=NO)c1ccccc1CNC1CC(O)C1. The third kappa shape index (κ3) is 2.75. The van der Waals surface area contributed by atoms with Gasteiger partial charge in [0.25, 0.3) is 0 Å². The van der Waals surface area contributed by atoms with Crippen LogP contribution in [0.1, 0.15) is 24.0 Å². The summed E-state index contributed by atoms with van der Waals surface area (Å²) in [5, 5.41) is 24.2. The first kappa shape index (κ1) is 11.9. The Kier molecular flexibility index (Phi) is 3.61. The number of rotatable bonds is 4. The number of amidine groups is 1. The molecule has 0 aromatic heterocycles. The number of hydrogen-bond donors (Lipinski definition) is 4. The van der Waals surface area contributed by atoms with Crippen LogP contribution in [0.3, 0.4) is 0 Å². The van der Waals surface area contributed by atoms with Crippen molar-refractivity contribution in [1.82, 2.24) is 5.32 Å². The highest BCUT2D eigenvalue weighted by atomic mass is 16.4. The lowest BCUT2D eigenvalue weighted by molar-refractivity contribution is 0.0619. The molecule has 0 radical (unpaired) electrons. The molecule has 0 spiro atoms. The van der Waals surface area contributed by atoms with E-state index in [1.807, 2.05) is 24.3 Å². The van der Waals surface area contributed by atoms with Crippen LogP contribution in [0.4, 0.5) is 0 Å². The Hall–Kier alpha value is -1.59. The van der Waals surface area contributed by atoms with Gasteiger partial charge in [0.15, 0.2) is 5.84 Å². The Morgan fingerprint density at radius 1 is 1.41 bits per heavy atom. The van der Waals surface area contributed by atoms with Crippen molar-refractivity contribution in [1.29, 1.82) is 0 Å². The number of hydrogen-bond acceptors (Lipinski definition) is 4. The highest BCUT2D eigenvalue weighted by molar-refractivity contribution is 5.98. The second kappa shape index (κ2) is 5.16. The minimum atomic E-state index is -0.160. The Morgan fingerprint density at radius 2 is 2.12 bits per heavy atom. The number of oxime groups is 1. The van der Waals surface area contributed by atoms with Gasteiger partial charge in [0.05, 0.1) is 6.10 Å². The minimum absolute atomic E-state index is 0.121. The summed E-state index contributed by atoms with van der Waals surface area (Å²) >= 11 is 0. The summed E-state index contributed by atoms with van der Waals surface area (Å²) in [5.41, 5.74) is 7.33. The molecule has 5 heteroatoms. The number of nitrogens with one attached hydrogen (secondary N) is 1. The van der Waals surface area contributed by atoms with Crippen LogP contribution in [0.2, 0.25) is 0 Å². The lowest BCUT2D eigenvalue weighted by atomic mass is 9.89. The number of aliphatic hydroxyl groups excluding tert-OH is 1. The van der Waals surface area contributed by atoms with Gasteiger partial charge in [-0.25, -0.2) is 0 Å². The number of aliphatic hydroxyl groups is 1. The van der Waals surface area contributed by atoms with E-state index in [4.69, 9.17) is 10.9 Å². The lowest BCUT2D eigenvalue weighted by Crippen LogP contribution is -2.43. The van der Waals surface area contributed by atoms with Crippen molar-refractivity contribution in [2.45, 2.75) is 31.5 Å². The van der Waals surface area contributed by atoms with Crippen molar-refractivity contribution in [2.75, 3.05) is 0 Å². The molecule has 1 saturated carbocycles. The average Bonchev–Trinajstić information content (AvgIpc) is 2.32. The maximum atomic E-state index is 9.18. The van der Waals surface area contributed by atoms with Crippen LogP contribution in [-0.4, -0.2) is 28.3 Å². The molecule has 0 saturated heterocycles. The van der Waals surface area contributed by atoms with Crippen molar-refractivity contribution in [2.24, 2.45) is 10.9 Å². The Balaban J connectivity index is 2.00. The van der Waals surface area contributed by atoms with Crippen molar-refractivity contribution in [3.8, 4) is 0 Å². The molecule has 0 bridgehead atoms. The number of nitrogens with two attached hydrogens (primary N) is 1. The van der Waals surface area contributed by atoms with Crippen molar-refractivity contribution >= 4 is 5.84 Å². The summed E-state index contributed by atoms with van der Waals surface area (Å²) in [6.07, 6.45) is 1.43. The maximum absolute atomic E-state index is 9.18. The monoisotopic (exact) mass is 235 g/mol. The molecule has 1 aliphatic rings. The zero-order valence-corrected chi connectivity index (χ0v) is 9.50. The van der Waals surface area contributed by atoms with Gasteiger partial charge in [-0.15, -0.1) is 0 Å². The first-order valence-electron chi connectivity index (χ1n) is 5.68. The van der Waals surface area contributed by atoms with Crippen molar-refractivity contribution < 1.29 is 10.3 Å². The quantitative estimate of drug-likeness (QED) is 0.263. The predicted molar refractivity (Wildman–Crippen MR) is 64.8 cm³/mol. The van der Waals surface area contributed by atoms with Gasteiger partial charge in [-0.05, 0) is 18.4 Å². The van der Waals surface area contributed by atoms with Crippen LogP contribution in [0.25, 0.3) is 0 Å². The molecule has 5 nitrogen and oxygen atoms in total. The highest BCUT2D eigenvalue weighted by Crippen LogP contribution is 2.20. The molecule has 0 unspecified atom stereocenters.